The van der Waals surface area contributed by atoms with Gasteiger partial charge in [0.05, 0.1) is 18.1 Å². The van der Waals surface area contributed by atoms with Crippen molar-refractivity contribution in [3.63, 3.8) is 0 Å². The highest BCUT2D eigenvalue weighted by Crippen LogP contribution is 2.15. The van der Waals surface area contributed by atoms with Gasteiger partial charge >= 0.3 is 6.01 Å². The molecule has 0 bridgehead atoms. The van der Waals surface area contributed by atoms with Crippen molar-refractivity contribution in [2.75, 3.05) is 12.4 Å². The number of methoxy groups -OCH3 is 1. The molecule has 1 N–H and O–H groups in total. The predicted molar refractivity (Wildman–Crippen MR) is 75.4 cm³/mol. The van der Waals surface area contributed by atoms with Gasteiger partial charge in [0.15, 0.2) is 0 Å². The Balaban J connectivity index is 1.72. The lowest BCUT2D eigenvalue weighted by Crippen LogP contribution is -2.01. The molecule has 3 rings (SSSR count). The highest BCUT2D eigenvalue weighted by molar-refractivity contribution is 5.78. The van der Waals surface area contributed by atoms with Gasteiger partial charge in [-0.1, -0.05) is 0 Å². The van der Waals surface area contributed by atoms with Crippen LogP contribution in [0.25, 0.3) is 11.0 Å². The largest absolute Gasteiger partial charge is 0.467 e. The maximum atomic E-state index is 4.92. The maximum absolute atomic E-state index is 4.92. The summed E-state index contributed by atoms with van der Waals surface area (Å²) in [5.41, 5.74) is 3.70. The van der Waals surface area contributed by atoms with Gasteiger partial charge in [0.1, 0.15) is 0 Å². The first-order valence-corrected chi connectivity index (χ1v) is 6.15. The van der Waals surface area contributed by atoms with Crippen LogP contribution in [-0.4, -0.2) is 27.0 Å². The number of benzene rings is 1. The van der Waals surface area contributed by atoms with Gasteiger partial charge in [-0.2, -0.15) is 0 Å². The molecule has 0 fully saturated rings. The number of hydrogen-bond acceptors (Lipinski definition) is 6. The first-order valence-electron chi connectivity index (χ1n) is 6.15. The molecule has 2 heterocycles. The van der Waals surface area contributed by atoms with Crippen LogP contribution in [0, 0.1) is 0 Å². The van der Waals surface area contributed by atoms with Crippen molar-refractivity contribution in [3.05, 3.63) is 48.5 Å². The fraction of sp³-hybridized carbons (Fsp3) is 0.143. The van der Waals surface area contributed by atoms with Gasteiger partial charge in [0.2, 0.25) is 0 Å². The highest BCUT2D eigenvalue weighted by Gasteiger charge is 2.00. The van der Waals surface area contributed by atoms with Crippen LogP contribution in [0.1, 0.15) is 5.56 Å². The van der Waals surface area contributed by atoms with Gasteiger partial charge in [-0.3, -0.25) is 9.97 Å². The Kier molecular flexibility index (Phi) is 3.36. The second kappa shape index (κ2) is 5.48. The van der Waals surface area contributed by atoms with E-state index in [0.717, 1.165) is 22.3 Å². The van der Waals surface area contributed by atoms with E-state index in [1.54, 1.807) is 31.9 Å². The highest BCUT2D eigenvalue weighted by atomic mass is 16.5. The maximum Gasteiger partial charge on any atom is 0.316 e. The summed E-state index contributed by atoms with van der Waals surface area (Å²) in [6, 6.07) is 6.25. The van der Waals surface area contributed by atoms with Crippen molar-refractivity contribution in [2.24, 2.45) is 0 Å². The molecule has 0 aliphatic rings. The van der Waals surface area contributed by atoms with Crippen molar-refractivity contribution in [1.29, 1.82) is 0 Å². The number of anilines is 1. The molecule has 0 aliphatic carbocycles. The zero-order valence-corrected chi connectivity index (χ0v) is 10.9. The minimum Gasteiger partial charge on any atom is -0.467 e. The molecule has 100 valence electrons. The lowest BCUT2D eigenvalue weighted by atomic mass is 10.2. The van der Waals surface area contributed by atoms with Crippen LogP contribution in [0.2, 0.25) is 0 Å². The van der Waals surface area contributed by atoms with E-state index in [1.165, 1.54) is 0 Å². The SMILES string of the molecule is COc1ncc(CNc2ccc3nccnc3c2)cn1. The first kappa shape index (κ1) is 12.3. The smallest absolute Gasteiger partial charge is 0.316 e. The second-order valence-electron chi connectivity index (χ2n) is 4.19. The van der Waals surface area contributed by atoms with E-state index in [2.05, 4.69) is 25.3 Å². The van der Waals surface area contributed by atoms with Crippen LogP contribution in [0.3, 0.4) is 0 Å². The summed E-state index contributed by atoms with van der Waals surface area (Å²) >= 11 is 0. The standard InChI is InChI=1S/C14H13N5O/c1-20-14-18-8-10(9-19-14)7-17-11-2-3-12-13(6-11)16-5-4-15-12/h2-6,8-9,17H,7H2,1H3. The molecular formula is C14H13N5O. The number of nitrogens with one attached hydrogen (secondary N) is 1. The Morgan fingerprint density at radius 3 is 2.50 bits per heavy atom. The van der Waals surface area contributed by atoms with Crippen molar-refractivity contribution in [2.45, 2.75) is 6.54 Å². The van der Waals surface area contributed by atoms with Crippen LogP contribution in [-0.2, 0) is 6.54 Å². The van der Waals surface area contributed by atoms with Gasteiger partial charge in [-0.25, -0.2) is 9.97 Å². The number of fused-ring (bicyclic) bond motifs is 1. The van der Waals surface area contributed by atoms with Crippen LogP contribution >= 0.6 is 0 Å². The van der Waals surface area contributed by atoms with E-state index < -0.39 is 0 Å². The summed E-state index contributed by atoms with van der Waals surface area (Å²) in [5.74, 6) is 0. The molecule has 20 heavy (non-hydrogen) atoms. The summed E-state index contributed by atoms with van der Waals surface area (Å²) in [7, 11) is 1.55. The third-order valence-corrected chi connectivity index (χ3v) is 2.83. The number of nitrogens with zero attached hydrogens (tertiary/aromatic N) is 4. The summed E-state index contributed by atoms with van der Waals surface area (Å²) < 4.78 is 4.92. The first-order chi connectivity index (χ1) is 9.85. The van der Waals surface area contributed by atoms with Crippen molar-refractivity contribution in [1.82, 2.24) is 19.9 Å². The number of aromatic nitrogens is 4. The minimum absolute atomic E-state index is 0.370. The Hall–Kier alpha value is -2.76. The lowest BCUT2D eigenvalue weighted by Gasteiger charge is -2.07. The van der Waals surface area contributed by atoms with Crippen molar-refractivity contribution >= 4 is 16.7 Å². The fourth-order valence-corrected chi connectivity index (χ4v) is 1.82. The van der Waals surface area contributed by atoms with Gasteiger partial charge in [-0.15, -0.1) is 0 Å². The number of ether oxygens (including phenoxy) is 1. The van der Waals surface area contributed by atoms with Crippen molar-refractivity contribution in [3.8, 4) is 6.01 Å². The quantitative estimate of drug-likeness (QED) is 0.779. The molecule has 0 saturated carbocycles. The normalized spacial score (nSPS) is 10.4. The van der Waals surface area contributed by atoms with Crippen LogP contribution in [0.15, 0.2) is 43.0 Å². The third kappa shape index (κ3) is 2.64. The summed E-state index contributed by atoms with van der Waals surface area (Å²) in [5, 5.41) is 3.30. The summed E-state index contributed by atoms with van der Waals surface area (Å²) in [6.45, 7) is 0.635. The Bertz CT molecular complexity index is 714. The minimum atomic E-state index is 0.370. The van der Waals surface area contributed by atoms with E-state index in [9.17, 15) is 0 Å². The molecular weight excluding hydrogens is 254 g/mol. The topological polar surface area (TPSA) is 72.8 Å². The summed E-state index contributed by atoms with van der Waals surface area (Å²) in [4.78, 5) is 16.6. The fourth-order valence-electron chi connectivity index (χ4n) is 1.82. The molecule has 0 saturated heterocycles. The zero-order valence-electron chi connectivity index (χ0n) is 10.9. The van der Waals surface area contributed by atoms with E-state index >= 15 is 0 Å². The number of hydrogen-bond donors (Lipinski definition) is 1. The molecule has 2 aromatic heterocycles. The van der Waals surface area contributed by atoms with Gasteiger partial charge in [0, 0.05) is 42.6 Å². The van der Waals surface area contributed by atoms with Gasteiger partial charge in [-0.05, 0) is 18.2 Å². The van der Waals surface area contributed by atoms with Crippen molar-refractivity contribution < 1.29 is 4.74 Å². The molecule has 0 amide bonds. The van der Waals surface area contributed by atoms with E-state index in [1.807, 2.05) is 18.2 Å². The third-order valence-electron chi connectivity index (χ3n) is 2.83. The van der Waals surface area contributed by atoms with Crippen LogP contribution in [0.5, 0.6) is 6.01 Å². The molecule has 0 spiro atoms. The molecule has 6 nitrogen and oxygen atoms in total. The Labute approximate surface area is 115 Å². The molecule has 0 radical (unpaired) electrons. The molecule has 3 aromatic rings. The average Bonchev–Trinajstić information content (AvgIpc) is 2.53. The van der Waals surface area contributed by atoms with Crippen LogP contribution < -0.4 is 10.1 Å². The monoisotopic (exact) mass is 267 g/mol. The summed E-state index contributed by atoms with van der Waals surface area (Å²) in [6.07, 6.45) is 6.84. The molecule has 0 aliphatic heterocycles. The molecule has 0 unspecified atom stereocenters. The van der Waals surface area contributed by atoms with Crippen LogP contribution in [0.4, 0.5) is 5.69 Å². The molecule has 0 atom stereocenters. The second-order valence-corrected chi connectivity index (χ2v) is 4.19. The van der Waals surface area contributed by atoms with E-state index in [4.69, 9.17) is 4.74 Å². The number of rotatable bonds is 4. The van der Waals surface area contributed by atoms with E-state index in [0.29, 0.717) is 12.6 Å². The molecule has 6 heteroatoms. The molecule has 1 aromatic carbocycles. The lowest BCUT2D eigenvalue weighted by molar-refractivity contribution is 0.379. The van der Waals surface area contributed by atoms with E-state index in [-0.39, 0.29) is 0 Å². The Morgan fingerprint density at radius 2 is 1.75 bits per heavy atom. The average molecular weight is 267 g/mol. The predicted octanol–water partition coefficient (Wildman–Crippen LogP) is 2.04. The van der Waals surface area contributed by atoms with Gasteiger partial charge in [0.25, 0.3) is 0 Å². The zero-order chi connectivity index (χ0) is 13.8. The van der Waals surface area contributed by atoms with Gasteiger partial charge < -0.3 is 10.1 Å². The Morgan fingerprint density at radius 1 is 1.00 bits per heavy atom.